The second-order valence-corrected chi connectivity index (χ2v) is 8.77. The van der Waals surface area contributed by atoms with E-state index in [9.17, 15) is 9.59 Å². The molecule has 28 heavy (non-hydrogen) atoms. The van der Waals surface area contributed by atoms with Crippen molar-refractivity contribution in [2.45, 2.75) is 45.4 Å². The standard InChI is InChI=1S/C23H34N2O3/c1-18(2)21(19-7-5-4-6-8-19)22(27)24-13-11-23(12-14-24)10-9-20(26)25(17-23)15-16-28-3/h4-8,18,21H,9-17H2,1-3H3. The third kappa shape index (κ3) is 4.57. The van der Waals surface area contributed by atoms with E-state index < -0.39 is 0 Å². The van der Waals surface area contributed by atoms with Crippen molar-refractivity contribution in [1.29, 1.82) is 0 Å². The summed E-state index contributed by atoms with van der Waals surface area (Å²) in [6.07, 6.45) is 3.53. The van der Waals surface area contributed by atoms with Crippen LogP contribution in [0.2, 0.25) is 0 Å². The fraction of sp³-hybridized carbons (Fsp3) is 0.652. The second kappa shape index (κ2) is 9.08. The summed E-state index contributed by atoms with van der Waals surface area (Å²) in [5, 5.41) is 0. The highest BCUT2D eigenvalue weighted by Gasteiger charge is 2.42. The number of methoxy groups -OCH3 is 1. The van der Waals surface area contributed by atoms with Gasteiger partial charge in [0.15, 0.2) is 0 Å². The minimum atomic E-state index is -0.0821. The molecule has 3 rings (SSSR count). The Kier molecular flexibility index (Phi) is 6.76. The molecular formula is C23H34N2O3. The van der Waals surface area contributed by atoms with Crippen molar-refractivity contribution in [1.82, 2.24) is 9.80 Å². The van der Waals surface area contributed by atoms with E-state index in [1.165, 1.54) is 0 Å². The van der Waals surface area contributed by atoms with Gasteiger partial charge in [0.05, 0.1) is 12.5 Å². The highest BCUT2D eigenvalue weighted by molar-refractivity contribution is 5.84. The minimum Gasteiger partial charge on any atom is -0.383 e. The highest BCUT2D eigenvalue weighted by atomic mass is 16.5. The van der Waals surface area contributed by atoms with Crippen molar-refractivity contribution in [2.24, 2.45) is 11.3 Å². The van der Waals surface area contributed by atoms with Crippen LogP contribution in [0.3, 0.4) is 0 Å². The second-order valence-electron chi connectivity index (χ2n) is 8.77. The van der Waals surface area contributed by atoms with Crippen LogP contribution in [0.4, 0.5) is 0 Å². The number of hydrogen-bond acceptors (Lipinski definition) is 3. The molecule has 2 aliphatic rings. The van der Waals surface area contributed by atoms with E-state index in [2.05, 4.69) is 30.9 Å². The number of carbonyl (C=O) groups is 2. The third-order valence-electron chi connectivity index (χ3n) is 6.54. The van der Waals surface area contributed by atoms with Crippen LogP contribution in [0.5, 0.6) is 0 Å². The summed E-state index contributed by atoms with van der Waals surface area (Å²) in [6.45, 7) is 7.90. The van der Waals surface area contributed by atoms with Crippen LogP contribution in [0.25, 0.3) is 0 Å². The van der Waals surface area contributed by atoms with Gasteiger partial charge in [-0.3, -0.25) is 9.59 Å². The van der Waals surface area contributed by atoms with Crippen LogP contribution >= 0.6 is 0 Å². The van der Waals surface area contributed by atoms with Gasteiger partial charge in [-0.25, -0.2) is 0 Å². The zero-order chi connectivity index (χ0) is 20.1. The molecule has 2 heterocycles. The lowest BCUT2D eigenvalue weighted by Gasteiger charge is -2.48. The molecule has 1 spiro atoms. The zero-order valence-electron chi connectivity index (χ0n) is 17.5. The first-order valence-corrected chi connectivity index (χ1v) is 10.6. The van der Waals surface area contributed by atoms with Gasteiger partial charge in [-0.1, -0.05) is 44.2 Å². The van der Waals surface area contributed by atoms with E-state index in [4.69, 9.17) is 4.74 Å². The molecule has 2 aliphatic heterocycles. The van der Waals surface area contributed by atoms with E-state index >= 15 is 0 Å². The first-order chi connectivity index (χ1) is 13.5. The molecule has 0 N–H and O–H groups in total. The first-order valence-electron chi connectivity index (χ1n) is 10.6. The van der Waals surface area contributed by atoms with Gasteiger partial charge in [-0.2, -0.15) is 0 Å². The van der Waals surface area contributed by atoms with Crippen molar-refractivity contribution in [3.63, 3.8) is 0 Å². The molecule has 1 atom stereocenters. The maximum atomic E-state index is 13.3. The van der Waals surface area contributed by atoms with Gasteiger partial charge in [-0.15, -0.1) is 0 Å². The van der Waals surface area contributed by atoms with E-state index in [1.54, 1.807) is 7.11 Å². The number of rotatable bonds is 6. The zero-order valence-corrected chi connectivity index (χ0v) is 17.5. The molecule has 5 nitrogen and oxygen atoms in total. The van der Waals surface area contributed by atoms with E-state index in [1.807, 2.05) is 23.1 Å². The first kappa shape index (κ1) is 20.8. The Balaban J connectivity index is 1.64. The lowest BCUT2D eigenvalue weighted by Crippen LogP contribution is -2.53. The van der Waals surface area contributed by atoms with Gasteiger partial charge < -0.3 is 14.5 Å². The van der Waals surface area contributed by atoms with Gasteiger partial charge in [0.2, 0.25) is 11.8 Å². The number of piperidine rings is 2. The van der Waals surface area contributed by atoms with Crippen molar-refractivity contribution in [2.75, 3.05) is 39.9 Å². The molecular weight excluding hydrogens is 352 g/mol. The monoisotopic (exact) mass is 386 g/mol. The molecule has 0 aliphatic carbocycles. The Morgan fingerprint density at radius 2 is 1.82 bits per heavy atom. The maximum absolute atomic E-state index is 13.3. The van der Waals surface area contributed by atoms with Gasteiger partial charge in [0.25, 0.3) is 0 Å². The number of benzene rings is 1. The largest absolute Gasteiger partial charge is 0.383 e. The number of nitrogens with zero attached hydrogens (tertiary/aromatic N) is 2. The molecule has 1 unspecified atom stereocenters. The van der Waals surface area contributed by atoms with Crippen molar-refractivity contribution in [3.8, 4) is 0 Å². The van der Waals surface area contributed by atoms with Crippen LogP contribution in [-0.2, 0) is 14.3 Å². The molecule has 0 aromatic heterocycles. The lowest BCUT2D eigenvalue weighted by molar-refractivity contribution is -0.144. The maximum Gasteiger partial charge on any atom is 0.230 e. The number of carbonyl (C=O) groups excluding carboxylic acids is 2. The average Bonchev–Trinajstić information content (AvgIpc) is 2.70. The molecule has 2 amide bonds. The average molecular weight is 387 g/mol. The van der Waals surface area contributed by atoms with Crippen LogP contribution in [-0.4, -0.2) is 61.5 Å². The molecule has 0 bridgehead atoms. The van der Waals surface area contributed by atoms with Crippen LogP contribution in [0.1, 0.15) is 51.0 Å². The Morgan fingerprint density at radius 1 is 1.14 bits per heavy atom. The van der Waals surface area contributed by atoms with Crippen molar-refractivity contribution >= 4 is 11.8 Å². The molecule has 1 aromatic rings. The molecule has 1 aromatic carbocycles. The minimum absolute atomic E-state index is 0.0821. The Hall–Kier alpha value is -1.88. The molecule has 2 fully saturated rings. The van der Waals surface area contributed by atoms with E-state index in [0.29, 0.717) is 19.6 Å². The van der Waals surface area contributed by atoms with Crippen molar-refractivity contribution in [3.05, 3.63) is 35.9 Å². The van der Waals surface area contributed by atoms with Gasteiger partial charge in [0.1, 0.15) is 0 Å². The highest BCUT2D eigenvalue weighted by Crippen LogP contribution is 2.41. The van der Waals surface area contributed by atoms with Crippen LogP contribution in [0.15, 0.2) is 30.3 Å². The smallest absolute Gasteiger partial charge is 0.230 e. The summed E-state index contributed by atoms with van der Waals surface area (Å²) < 4.78 is 5.16. The molecule has 2 saturated heterocycles. The predicted molar refractivity (Wildman–Crippen MR) is 110 cm³/mol. The Bertz CT molecular complexity index is 666. The summed E-state index contributed by atoms with van der Waals surface area (Å²) in [5.41, 5.74) is 1.27. The van der Waals surface area contributed by atoms with Crippen LogP contribution < -0.4 is 0 Å². The fourth-order valence-electron chi connectivity index (χ4n) is 4.79. The molecule has 5 heteroatoms. The number of likely N-dealkylation sites (tertiary alicyclic amines) is 2. The van der Waals surface area contributed by atoms with Gasteiger partial charge >= 0.3 is 0 Å². The lowest BCUT2D eigenvalue weighted by atomic mass is 9.72. The number of hydrogen-bond donors (Lipinski definition) is 0. The SMILES string of the molecule is COCCN1CC2(CCC1=O)CCN(C(=O)C(c1ccccc1)C(C)C)CC2. The van der Waals surface area contributed by atoms with E-state index in [-0.39, 0.29) is 29.1 Å². The molecule has 0 radical (unpaired) electrons. The summed E-state index contributed by atoms with van der Waals surface area (Å²) >= 11 is 0. The van der Waals surface area contributed by atoms with Gasteiger partial charge in [0, 0.05) is 39.7 Å². The Labute approximate surface area is 169 Å². The summed E-state index contributed by atoms with van der Waals surface area (Å²) in [4.78, 5) is 29.6. The third-order valence-corrected chi connectivity index (χ3v) is 6.54. The van der Waals surface area contributed by atoms with E-state index in [0.717, 1.165) is 44.5 Å². The molecule has 154 valence electrons. The number of amides is 2. The topological polar surface area (TPSA) is 49.9 Å². The predicted octanol–water partition coefficient (Wildman–Crippen LogP) is 3.30. The quantitative estimate of drug-likeness (QED) is 0.754. The molecule has 0 saturated carbocycles. The Morgan fingerprint density at radius 3 is 2.43 bits per heavy atom. The van der Waals surface area contributed by atoms with Crippen LogP contribution in [0, 0.1) is 11.3 Å². The summed E-state index contributed by atoms with van der Waals surface area (Å²) in [6, 6.07) is 10.1. The number of ether oxygens (including phenoxy) is 1. The fourth-order valence-corrected chi connectivity index (χ4v) is 4.79. The van der Waals surface area contributed by atoms with Gasteiger partial charge in [-0.05, 0) is 36.2 Å². The normalized spacial score (nSPS) is 20.6. The summed E-state index contributed by atoms with van der Waals surface area (Å²) in [7, 11) is 1.67. The summed E-state index contributed by atoms with van der Waals surface area (Å²) in [5.74, 6) is 0.674. The van der Waals surface area contributed by atoms with Crippen molar-refractivity contribution < 1.29 is 14.3 Å².